The number of likely N-dealkylation sites (N-methyl/N-ethyl adjacent to an activating group) is 1. The van der Waals surface area contributed by atoms with Crippen molar-refractivity contribution >= 4 is 0 Å². The summed E-state index contributed by atoms with van der Waals surface area (Å²) >= 11 is 0. The summed E-state index contributed by atoms with van der Waals surface area (Å²) in [5.41, 5.74) is 3.81. The van der Waals surface area contributed by atoms with Crippen LogP contribution in [0, 0.1) is 13.8 Å². The van der Waals surface area contributed by atoms with Crippen LogP contribution in [-0.2, 0) is 6.54 Å². The molecule has 0 fully saturated rings. The molecule has 1 atom stereocenters. The minimum atomic E-state index is 0.0284. The number of hydrogen-bond donors (Lipinski definition) is 2. The first-order valence-electron chi connectivity index (χ1n) is 6.06. The molecular weight excluding hydrogens is 214 g/mol. The van der Waals surface area contributed by atoms with Gasteiger partial charge in [-0.3, -0.25) is 4.90 Å². The monoisotopic (exact) mass is 237 g/mol. The van der Waals surface area contributed by atoms with Crippen LogP contribution >= 0.6 is 0 Å². The third kappa shape index (κ3) is 4.11. The van der Waals surface area contributed by atoms with Crippen LogP contribution in [0.2, 0.25) is 0 Å². The average Bonchev–Trinajstić information content (AvgIpc) is 2.29. The van der Waals surface area contributed by atoms with Crippen molar-refractivity contribution in [2.75, 3.05) is 20.3 Å². The number of aliphatic hydroxyl groups excluding tert-OH is 2. The van der Waals surface area contributed by atoms with E-state index in [1.165, 1.54) is 16.7 Å². The van der Waals surface area contributed by atoms with E-state index in [4.69, 9.17) is 5.11 Å². The van der Waals surface area contributed by atoms with Crippen LogP contribution in [0.5, 0.6) is 0 Å². The third-order valence-electron chi connectivity index (χ3n) is 3.21. The lowest BCUT2D eigenvalue weighted by Crippen LogP contribution is -2.35. The molecule has 1 rings (SSSR count). The lowest BCUT2D eigenvalue weighted by molar-refractivity contribution is 0.115. The summed E-state index contributed by atoms with van der Waals surface area (Å²) < 4.78 is 0. The first-order valence-corrected chi connectivity index (χ1v) is 6.06. The van der Waals surface area contributed by atoms with E-state index in [0.717, 1.165) is 6.54 Å². The largest absolute Gasteiger partial charge is 0.396 e. The molecule has 3 nitrogen and oxygen atoms in total. The highest BCUT2D eigenvalue weighted by Crippen LogP contribution is 2.14. The van der Waals surface area contributed by atoms with E-state index in [0.29, 0.717) is 6.42 Å². The standard InChI is InChI=1S/C14H23NO2/c1-11-4-5-13(12(2)8-11)9-15(3)14(10-17)6-7-16/h4-5,8,14,16-17H,6-7,9-10H2,1-3H3. The van der Waals surface area contributed by atoms with Crippen LogP contribution in [-0.4, -0.2) is 41.4 Å². The normalized spacial score (nSPS) is 13.1. The summed E-state index contributed by atoms with van der Waals surface area (Å²) in [5.74, 6) is 0. The fourth-order valence-electron chi connectivity index (χ4n) is 2.02. The van der Waals surface area contributed by atoms with Crippen molar-refractivity contribution in [1.82, 2.24) is 4.90 Å². The van der Waals surface area contributed by atoms with Crippen LogP contribution in [0.1, 0.15) is 23.1 Å². The van der Waals surface area contributed by atoms with Crippen LogP contribution in [0.4, 0.5) is 0 Å². The molecule has 1 unspecified atom stereocenters. The van der Waals surface area contributed by atoms with Crippen LogP contribution < -0.4 is 0 Å². The van der Waals surface area contributed by atoms with E-state index in [-0.39, 0.29) is 19.3 Å². The highest BCUT2D eigenvalue weighted by Gasteiger charge is 2.14. The summed E-state index contributed by atoms with van der Waals surface area (Å²) in [6.07, 6.45) is 0.609. The molecule has 0 saturated carbocycles. The molecule has 0 saturated heterocycles. The molecule has 0 aliphatic carbocycles. The van der Waals surface area contributed by atoms with Gasteiger partial charge in [-0.2, -0.15) is 0 Å². The smallest absolute Gasteiger partial charge is 0.0587 e. The van der Waals surface area contributed by atoms with Gasteiger partial charge in [0.05, 0.1) is 6.61 Å². The zero-order valence-electron chi connectivity index (χ0n) is 11.0. The molecule has 0 bridgehead atoms. The van der Waals surface area contributed by atoms with Crippen LogP contribution in [0.25, 0.3) is 0 Å². The maximum absolute atomic E-state index is 9.27. The summed E-state index contributed by atoms with van der Waals surface area (Å²) in [5, 5.41) is 18.2. The fraction of sp³-hybridized carbons (Fsp3) is 0.571. The summed E-state index contributed by atoms with van der Waals surface area (Å²) in [4.78, 5) is 2.09. The van der Waals surface area contributed by atoms with E-state index in [1.54, 1.807) is 0 Å². The molecule has 0 amide bonds. The van der Waals surface area contributed by atoms with Crippen molar-refractivity contribution in [2.45, 2.75) is 32.9 Å². The van der Waals surface area contributed by atoms with Gasteiger partial charge >= 0.3 is 0 Å². The van der Waals surface area contributed by atoms with Gasteiger partial charge in [-0.15, -0.1) is 0 Å². The molecular formula is C14H23NO2. The minimum Gasteiger partial charge on any atom is -0.396 e. The quantitative estimate of drug-likeness (QED) is 0.787. The van der Waals surface area contributed by atoms with Gasteiger partial charge in [-0.25, -0.2) is 0 Å². The van der Waals surface area contributed by atoms with Crippen LogP contribution in [0.3, 0.4) is 0 Å². The summed E-state index contributed by atoms with van der Waals surface area (Å²) in [7, 11) is 1.98. The highest BCUT2D eigenvalue weighted by atomic mass is 16.3. The van der Waals surface area contributed by atoms with Gasteiger partial charge in [0.25, 0.3) is 0 Å². The fourth-order valence-corrected chi connectivity index (χ4v) is 2.02. The minimum absolute atomic E-state index is 0.0284. The van der Waals surface area contributed by atoms with Crippen LogP contribution in [0.15, 0.2) is 18.2 Å². The Hall–Kier alpha value is -0.900. The van der Waals surface area contributed by atoms with Gasteiger partial charge in [-0.1, -0.05) is 23.8 Å². The first kappa shape index (κ1) is 14.2. The molecule has 0 heterocycles. The lowest BCUT2D eigenvalue weighted by atomic mass is 10.0. The SMILES string of the molecule is Cc1ccc(CN(C)C(CO)CCO)c(C)c1. The maximum Gasteiger partial charge on any atom is 0.0587 e. The molecule has 2 N–H and O–H groups in total. The van der Waals surface area contributed by atoms with Gasteiger partial charge in [0.1, 0.15) is 0 Å². The molecule has 0 aliphatic heterocycles. The molecule has 1 aromatic carbocycles. The number of aryl methyl sites for hydroxylation is 2. The number of benzene rings is 1. The summed E-state index contributed by atoms with van der Waals surface area (Å²) in [6, 6.07) is 6.44. The van der Waals surface area contributed by atoms with Crippen molar-refractivity contribution in [3.63, 3.8) is 0 Å². The predicted molar refractivity (Wildman–Crippen MR) is 70.0 cm³/mol. The number of nitrogens with zero attached hydrogens (tertiary/aromatic N) is 1. The molecule has 0 aromatic heterocycles. The second-order valence-corrected chi connectivity index (χ2v) is 4.69. The topological polar surface area (TPSA) is 43.7 Å². The van der Waals surface area contributed by atoms with E-state index >= 15 is 0 Å². The zero-order valence-corrected chi connectivity index (χ0v) is 11.0. The van der Waals surface area contributed by atoms with E-state index in [1.807, 2.05) is 7.05 Å². The lowest BCUT2D eigenvalue weighted by Gasteiger charge is -2.26. The maximum atomic E-state index is 9.27. The van der Waals surface area contributed by atoms with E-state index < -0.39 is 0 Å². The van der Waals surface area contributed by atoms with Gasteiger partial charge in [-0.05, 0) is 38.4 Å². The highest BCUT2D eigenvalue weighted by molar-refractivity contribution is 5.30. The summed E-state index contributed by atoms with van der Waals surface area (Å²) in [6.45, 7) is 5.20. The van der Waals surface area contributed by atoms with Crippen molar-refractivity contribution in [3.8, 4) is 0 Å². The van der Waals surface area contributed by atoms with Crippen molar-refractivity contribution in [3.05, 3.63) is 34.9 Å². The van der Waals surface area contributed by atoms with E-state index in [9.17, 15) is 5.11 Å². The number of aliphatic hydroxyl groups is 2. The number of rotatable bonds is 6. The second-order valence-electron chi connectivity index (χ2n) is 4.69. The number of hydrogen-bond acceptors (Lipinski definition) is 3. The van der Waals surface area contributed by atoms with Gasteiger partial charge in [0, 0.05) is 19.2 Å². The predicted octanol–water partition coefficient (Wildman–Crippen LogP) is 1.48. The Morgan fingerprint density at radius 2 is 1.94 bits per heavy atom. The molecule has 0 spiro atoms. The Morgan fingerprint density at radius 3 is 2.47 bits per heavy atom. The van der Waals surface area contributed by atoms with Crippen molar-refractivity contribution in [2.24, 2.45) is 0 Å². The zero-order chi connectivity index (χ0) is 12.8. The van der Waals surface area contributed by atoms with Crippen molar-refractivity contribution in [1.29, 1.82) is 0 Å². The van der Waals surface area contributed by atoms with Crippen molar-refractivity contribution < 1.29 is 10.2 Å². The Labute approximate surface area is 104 Å². The molecule has 96 valence electrons. The average molecular weight is 237 g/mol. The molecule has 3 heteroatoms. The first-order chi connectivity index (χ1) is 8.08. The Morgan fingerprint density at radius 1 is 1.24 bits per heavy atom. The molecule has 0 aliphatic rings. The van der Waals surface area contributed by atoms with Gasteiger partial charge < -0.3 is 10.2 Å². The Balaban J connectivity index is 2.69. The Bertz CT molecular complexity index is 352. The molecule has 17 heavy (non-hydrogen) atoms. The van der Waals surface area contributed by atoms with Gasteiger partial charge in [0.15, 0.2) is 0 Å². The molecule has 1 aromatic rings. The van der Waals surface area contributed by atoms with E-state index in [2.05, 4.69) is 36.9 Å². The van der Waals surface area contributed by atoms with Gasteiger partial charge in [0.2, 0.25) is 0 Å². The molecule has 0 radical (unpaired) electrons. The third-order valence-corrected chi connectivity index (χ3v) is 3.21. The Kier molecular flexibility index (Phi) is 5.62. The second kappa shape index (κ2) is 6.74.